The molecule has 0 radical (unpaired) electrons. The predicted molar refractivity (Wildman–Crippen MR) is 114 cm³/mol. The van der Waals surface area contributed by atoms with Crippen LogP contribution < -0.4 is 15.0 Å². The third-order valence-electron chi connectivity index (χ3n) is 5.47. The SMILES string of the molecule is Cl.Cl.O=C(COc1ccccc1N1CCCC1)N1CCN[C@H]2CS(=O)(=O)C[C@H]21. The molecule has 3 aliphatic rings. The summed E-state index contributed by atoms with van der Waals surface area (Å²) in [4.78, 5) is 16.7. The number of para-hydroxylation sites is 2. The molecule has 0 aliphatic carbocycles. The summed E-state index contributed by atoms with van der Waals surface area (Å²) in [6.45, 7) is 3.09. The van der Waals surface area contributed by atoms with Crippen LogP contribution in [0.2, 0.25) is 0 Å². The molecule has 10 heteroatoms. The van der Waals surface area contributed by atoms with Gasteiger partial charge in [0.25, 0.3) is 5.91 Å². The summed E-state index contributed by atoms with van der Waals surface area (Å²) in [5.41, 5.74) is 1.03. The smallest absolute Gasteiger partial charge is 0.260 e. The Hall–Kier alpha value is -1.22. The van der Waals surface area contributed by atoms with E-state index in [1.807, 2.05) is 24.3 Å². The van der Waals surface area contributed by atoms with Crippen molar-refractivity contribution in [3.8, 4) is 5.75 Å². The molecule has 0 aromatic heterocycles. The van der Waals surface area contributed by atoms with Crippen LogP contribution in [0.4, 0.5) is 5.69 Å². The minimum absolute atomic E-state index is 0. The zero-order valence-electron chi connectivity index (χ0n) is 15.6. The largest absolute Gasteiger partial charge is 0.482 e. The first-order chi connectivity index (χ1) is 12.5. The maximum absolute atomic E-state index is 12.7. The van der Waals surface area contributed by atoms with Gasteiger partial charge in [-0.25, -0.2) is 8.42 Å². The van der Waals surface area contributed by atoms with Gasteiger partial charge in [-0.15, -0.1) is 24.8 Å². The van der Waals surface area contributed by atoms with E-state index in [1.165, 1.54) is 12.8 Å². The van der Waals surface area contributed by atoms with Crippen LogP contribution in [-0.4, -0.2) is 75.6 Å². The van der Waals surface area contributed by atoms with Gasteiger partial charge in [-0.1, -0.05) is 12.1 Å². The zero-order valence-corrected chi connectivity index (χ0v) is 18.0. The maximum Gasteiger partial charge on any atom is 0.260 e. The van der Waals surface area contributed by atoms with Gasteiger partial charge in [0, 0.05) is 32.2 Å². The minimum Gasteiger partial charge on any atom is -0.482 e. The van der Waals surface area contributed by atoms with Crippen molar-refractivity contribution in [1.29, 1.82) is 0 Å². The van der Waals surface area contributed by atoms with Gasteiger partial charge in [0.05, 0.1) is 23.2 Å². The first-order valence-electron chi connectivity index (χ1n) is 9.23. The number of nitrogens with one attached hydrogen (secondary N) is 1. The number of amides is 1. The predicted octanol–water partition coefficient (Wildman–Crippen LogP) is 1.11. The van der Waals surface area contributed by atoms with Gasteiger partial charge < -0.3 is 19.9 Å². The second-order valence-electron chi connectivity index (χ2n) is 7.24. The molecule has 28 heavy (non-hydrogen) atoms. The quantitative estimate of drug-likeness (QED) is 0.738. The molecule has 0 saturated carbocycles. The van der Waals surface area contributed by atoms with Gasteiger partial charge in [-0.2, -0.15) is 0 Å². The fourth-order valence-corrected chi connectivity index (χ4v) is 6.15. The van der Waals surface area contributed by atoms with E-state index in [0.717, 1.165) is 18.8 Å². The lowest BCUT2D eigenvalue weighted by atomic mass is 10.1. The number of sulfone groups is 1. The van der Waals surface area contributed by atoms with Gasteiger partial charge in [-0.3, -0.25) is 4.79 Å². The van der Waals surface area contributed by atoms with E-state index in [2.05, 4.69) is 10.2 Å². The number of nitrogens with zero attached hydrogens (tertiary/aromatic N) is 2. The number of anilines is 1. The average molecular weight is 452 g/mol. The van der Waals surface area contributed by atoms with Crippen LogP contribution in [0.5, 0.6) is 5.75 Å². The third-order valence-corrected chi connectivity index (χ3v) is 7.18. The summed E-state index contributed by atoms with van der Waals surface area (Å²) in [6.07, 6.45) is 2.34. The van der Waals surface area contributed by atoms with E-state index in [0.29, 0.717) is 18.8 Å². The number of halogens is 2. The van der Waals surface area contributed by atoms with Crippen molar-refractivity contribution in [1.82, 2.24) is 10.2 Å². The highest BCUT2D eigenvalue weighted by molar-refractivity contribution is 7.91. The van der Waals surface area contributed by atoms with Gasteiger partial charge in [0.15, 0.2) is 16.4 Å². The Kier molecular flexibility index (Phi) is 7.84. The number of fused-ring (bicyclic) bond motifs is 1. The van der Waals surface area contributed by atoms with Crippen molar-refractivity contribution >= 4 is 46.2 Å². The van der Waals surface area contributed by atoms with E-state index in [4.69, 9.17) is 4.74 Å². The molecule has 4 rings (SSSR count). The molecule has 7 nitrogen and oxygen atoms in total. The zero-order chi connectivity index (χ0) is 18.1. The van der Waals surface area contributed by atoms with Crippen molar-refractivity contribution < 1.29 is 17.9 Å². The van der Waals surface area contributed by atoms with E-state index in [-0.39, 0.29) is 60.9 Å². The molecule has 0 unspecified atom stereocenters. The maximum atomic E-state index is 12.7. The van der Waals surface area contributed by atoms with Gasteiger partial charge in [-0.05, 0) is 25.0 Å². The van der Waals surface area contributed by atoms with Gasteiger partial charge >= 0.3 is 0 Å². The van der Waals surface area contributed by atoms with Crippen molar-refractivity contribution in [3.63, 3.8) is 0 Å². The second-order valence-corrected chi connectivity index (χ2v) is 9.40. The molecule has 3 heterocycles. The highest BCUT2D eigenvalue weighted by atomic mass is 35.5. The molecule has 2 atom stereocenters. The normalized spacial score (nSPS) is 25.4. The molecular weight excluding hydrogens is 425 g/mol. The Bertz CT molecular complexity index is 787. The number of ether oxygens (including phenoxy) is 1. The van der Waals surface area contributed by atoms with Crippen molar-refractivity contribution in [2.24, 2.45) is 0 Å². The fourth-order valence-electron chi connectivity index (χ4n) is 4.20. The molecule has 3 saturated heterocycles. The number of rotatable bonds is 4. The lowest BCUT2D eigenvalue weighted by Crippen LogP contribution is -2.59. The number of hydrogen-bond acceptors (Lipinski definition) is 6. The summed E-state index contributed by atoms with van der Waals surface area (Å²) in [7, 11) is -3.08. The summed E-state index contributed by atoms with van der Waals surface area (Å²) >= 11 is 0. The number of piperazine rings is 1. The first-order valence-corrected chi connectivity index (χ1v) is 11.1. The van der Waals surface area contributed by atoms with E-state index in [9.17, 15) is 13.2 Å². The highest BCUT2D eigenvalue weighted by Crippen LogP contribution is 2.31. The lowest BCUT2D eigenvalue weighted by molar-refractivity contribution is -0.136. The monoisotopic (exact) mass is 451 g/mol. The summed E-state index contributed by atoms with van der Waals surface area (Å²) < 4.78 is 29.7. The molecule has 1 amide bonds. The highest BCUT2D eigenvalue weighted by Gasteiger charge is 2.44. The van der Waals surface area contributed by atoms with Crippen LogP contribution in [0.15, 0.2) is 24.3 Å². The molecule has 0 bridgehead atoms. The number of carbonyl (C=O) groups excluding carboxylic acids is 1. The van der Waals surface area contributed by atoms with Crippen LogP contribution in [0.1, 0.15) is 12.8 Å². The lowest BCUT2D eigenvalue weighted by Gasteiger charge is -2.37. The number of carbonyl (C=O) groups is 1. The Morgan fingerprint density at radius 3 is 2.57 bits per heavy atom. The van der Waals surface area contributed by atoms with Crippen LogP contribution in [-0.2, 0) is 14.6 Å². The van der Waals surface area contributed by atoms with Crippen molar-refractivity contribution in [2.45, 2.75) is 24.9 Å². The first kappa shape index (κ1) is 23.1. The third kappa shape index (κ3) is 4.84. The molecule has 3 fully saturated rings. The number of hydrogen-bond donors (Lipinski definition) is 1. The molecular formula is C18H27Cl2N3O4S. The molecule has 0 spiro atoms. The molecule has 1 N–H and O–H groups in total. The number of benzene rings is 1. The summed E-state index contributed by atoms with van der Waals surface area (Å²) in [5.74, 6) is 0.726. The van der Waals surface area contributed by atoms with E-state index < -0.39 is 9.84 Å². The van der Waals surface area contributed by atoms with Gasteiger partial charge in [0.1, 0.15) is 5.75 Å². The van der Waals surface area contributed by atoms with Crippen LogP contribution in [0.25, 0.3) is 0 Å². The van der Waals surface area contributed by atoms with E-state index >= 15 is 0 Å². The molecule has 1 aromatic carbocycles. The Labute approximate surface area is 178 Å². The van der Waals surface area contributed by atoms with Gasteiger partial charge in [0.2, 0.25) is 0 Å². The summed E-state index contributed by atoms with van der Waals surface area (Å²) in [6, 6.07) is 7.36. The average Bonchev–Trinajstić information content (AvgIpc) is 3.25. The van der Waals surface area contributed by atoms with Crippen LogP contribution in [0.3, 0.4) is 0 Å². The Morgan fingerprint density at radius 1 is 1.11 bits per heavy atom. The topological polar surface area (TPSA) is 79.0 Å². The molecule has 1 aromatic rings. The summed E-state index contributed by atoms with van der Waals surface area (Å²) in [5, 5.41) is 3.22. The molecule has 3 aliphatic heterocycles. The van der Waals surface area contributed by atoms with Crippen LogP contribution >= 0.6 is 24.8 Å². The van der Waals surface area contributed by atoms with E-state index in [1.54, 1.807) is 4.90 Å². The second kappa shape index (κ2) is 9.52. The Morgan fingerprint density at radius 2 is 1.82 bits per heavy atom. The van der Waals surface area contributed by atoms with Crippen molar-refractivity contribution in [3.05, 3.63) is 24.3 Å². The van der Waals surface area contributed by atoms with Crippen LogP contribution in [0, 0.1) is 0 Å². The fraction of sp³-hybridized carbons (Fsp3) is 0.611. The Balaban J connectivity index is 0.00000140. The standard InChI is InChI=1S/C18H25N3O4S.2ClH/c22-18(21-10-7-19-14-12-26(23,24)13-16(14)21)11-25-17-6-2-1-5-15(17)20-8-3-4-9-20;;/h1-2,5-6,14,16,19H,3-4,7-13H2;2*1H/t14-,16+;;/m0../s1. The minimum atomic E-state index is -3.08. The van der Waals surface area contributed by atoms with Crippen molar-refractivity contribution in [2.75, 3.05) is 49.2 Å². The molecule has 158 valence electrons.